The van der Waals surface area contributed by atoms with Gasteiger partial charge in [-0.3, -0.25) is 14.5 Å². The number of nitrogens with one attached hydrogen (secondary N) is 2. The van der Waals surface area contributed by atoms with Gasteiger partial charge in [0.15, 0.2) is 0 Å². The highest BCUT2D eigenvalue weighted by Gasteiger charge is 2.15. The van der Waals surface area contributed by atoms with Crippen molar-refractivity contribution in [2.75, 3.05) is 33.4 Å². The van der Waals surface area contributed by atoms with Crippen LogP contribution in [0.5, 0.6) is 0 Å². The Bertz CT molecular complexity index is 1120. The van der Waals surface area contributed by atoms with E-state index in [0.717, 1.165) is 44.0 Å². The highest BCUT2D eigenvalue weighted by Crippen LogP contribution is 2.15. The summed E-state index contributed by atoms with van der Waals surface area (Å²) in [5.74, 6) is -0.390. The number of rotatable bonds is 7. The Labute approximate surface area is 181 Å². The van der Waals surface area contributed by atoms with Crippen LogP contribution in [0.25, 0.3) is 10.9 Å². The van der Waals surface area contributed by atoms with Crippen LogP contribution in [0.15, 0.2) is 53.5 Å². The second-order valence-corrected chi connectivity index (χ2v) is 7.70. The molecule has 3 aromatic rings. The number of pyridine rings is 1. The smallest absolute Gasteiger partial charge is 0.257 e. The van der Waals surface area contributed by atoms with Crippen LogP contribution in [-0.2, 0) is 29.2 Å². The molecule has 2 N–H and O–H groups in total. The largest absolute Gasteiger partial charge is 0.380 e. The van der Waals surface area contributed by atoms with Gasteiger partial charge >= 0.3 is 0 Å². The van der Waals surface area contributed by atoms with Crippen molar-refractivity contribution in [1.29, 1.82) is 0 Å². The van der Waals surface area contributed by atoms with E-state index < -0.39 is 0 Å². The zero-order valence-electron chi connectivity index (χ0n) is 17.6. The van der Waals surface area contributed by atoms with Crippen LogP contribution in [0, 0.1) is 0 Å². The van der Waals surface area contributed by atoms with Gasteiger partial charge in [0.25, 0.3) is 5.91 Å². The molecule has 1 fully saturated rings. The lowest BCUT2D eigenvalue weighted by Gasteiger charge is -2.26. The number of methoxy groups -OCH3 is 1. The lowest BCUT2D eigenvalue weighted by atomic mass is 10.1. The quantitative estimate of drug-likeness (QED) is 0.612. The predicted molar refractivity (Wildman–Crippen MR) is 119 cm³/mol. The van der Waals surface area contributed by atoms with E-state index in [0.29, 0.717) is 24.1 Å². The van der Waals surface area contributed by atoms with Crippen molar-refractivity contribution in [1.82, 2.24) is 15.2 Å². The topological polar surface area (TPSA) is 83.7 Å². The molecule has 162 valence electrons. The average molecular weight is 421 g/mol. The third kappa shape index (κ3) is 5.02. The minimum absolute atomic E-state index is 0.103. The van der Waals surface area contributed by atoms with E-state index in [1.165, 1.54) is 11.8 Å². The van der Waals surface area contributed by atoms with Gasteiger partial charge in [0.1, 0.15) is 5.56 Å². The molecule has 4 rings (SSSR count). The zero-order valence-corrected chi connectivity index (χ0v) is 17.6. The standard InChI is InChI=1S/C24H27N3O4/c1-30-16-19-6-3-7-20-22(19)25-14-21(23(20)28)24(29)26-13-17-4-2-5-18(12-17)15-27-8-10-31-11-9-27/h2-7,12,14H,8-11,13,15-16H2,1H3,(H,25,28)(H,26,29). The summed E-state index contributed by atoms with van der Waals surface area (Å²) >= 11 is 0. The predicted octanol–water partition coefficient (Wildman–Crippen LogP) is 2.44. The summed E-state index contributed by atoms with van der Waals surface area (Å²) in [6, 6.07) is 13.6. The second kappa shape index (κ2) is 9.87. The Morgan fingerprint density at radius 3 is 2.74 bits per heavy atom. The first-order valence-corrected chi connectivity index (χ1v) is 10.4. The first-order chi connectivity index (χ1) is 15.2. The maximum atomic E-state index is 12.9. The van der Waals surface area contributed by atoms with E-state index in [1.54, 1.807) is 19.2 Å². The van der Waals surface area contributed by atoms with Crippen molar-refractivity contribution in [3.8, 4) is 0 Å². The Morgan fingerprint density at radius 2 is 1.94 bits per heavy atom. The Kier molecular flexibility index (Phi) is 6.76. The maximum Gasteiger partial charge on any atom is 0.257 e. The van der Waals surface area contributed by atoms with Crippen LogP contribution in [0.3, 0.4) is 0 Å². The lowest BCUT2D eigenvalue weighted by molar-refractivity contribution is 0.0342. The number of H-pyrrole nitrogens is 1. The van der Waals surface area contributed by atoms with E-state index in [4.69, 9.17) is 9.47 Å². The summed E-state index contributed by atoms with van der Waals surface area (Å²) in [5.41, 5.74) is 3.58. The minimum atomic E-state index is -0.390. The summed E-state index contributed by atoms with van der Waals surface area (Å²) in [5, 5.41) is 3.36. The molecule has 0 saturated carbocycles. The number of hydrogen-bond donors (Lipinski definition) is 2. The number of fused-ring (bicyclic) bond motifs is 1. The molecule has 31 heavy (non-hydrogen) atoms. The third-order valence-corrected chi connectivity index (χ3v) is 5.50. The van der Waals surface area contributed by atoms with Gasteiger partial charge in [0.2, 0.25) is 5.43 Å². The minimum Gasteiger partial charge on any atom is -0.380 e. The number of carbonyl (C=O) groups excluding carboxylic acids is 1. The molecule has 1 aromatic heterocycles. The van der Waals surface area contributed by atoms with E-state index in [2.05, 4.69) is 27.3 Å². The first-order valence-electron chi connectivity index (χ1n) is 10.4. The van der Waals surface area contributed by atoms with Gasteiger partial charge in [-0.15, -0.1) is 0 Å². The number of morpholine rings is 1. The van der Waals surface area contributed by atoms with Gasteiger partial charge in [0, 0.05) is 50.4 Å². The number of benzene rings is 2. The fourth-order valence-corrected chi connectivity index (χ4v) is 3.89. The Hall–Kier alpha value is -3.00. The molecule has 1 aliphatic rings. The average Bonchev–Trinajstić information content (AvgIpc) is 2.79. The molecule has 7 heteroatoms. The number of hydrogen-bond acceptors (Lipinski definition) is 5. The third-order valence-electron chi connectivity index (χ3n) is 5.50. The molecular weight excluding hydrogens is 394 g/mol. The Balaban J connectivity index is 1.45. The van der Waals surface area contributed by atoms with Crippen molar-refractivity contribution in [3.63, 3.8) is 0 Å². The molecule has 0 radical (unpaired) electrons. The van der Waals surface area contributed by atoms with Crippen LogP contribution in [-0.4, -0.2) is 49.2 Å². The van der Waals surface area contributed by atoms with Crippen LogP contribution in [0.1, 0.15) is 27.0 Å². The summed E-state index contributed by atoms with van der Waals surface area (Å²) in [4.78, 5) is 31.0. The van der Waals surface area contributed by atoms with Crippen LogP contribution in [0.4, 0.5) is 0 Å². The fourth-order valence-electron chi connectivity index (χ4n) is 3.89. The van der Waals surface area contributed by atoms with E-state index >= 15 is 0 Å². The lowest BCUT2D eigenvalue weighted by Crippen LogP contribution is -2.35. The molecule has 0 unspecified atom stereocenters. The summed E-state index contributed by atoms with van der Waals surface area (Å²) < 4.78 is 10.6. The fraction of sp³-hybridized carbons (Fsp3) is 0.333. The molecule has 2 aromatic carbocycles. The van der Waals surface area contributed by atoms with Crippen LogP contribution < -0.4 is 10.7 Å². The van der Waals surface area contributed by atoms with Crippen LogP contribution in [0.2, 0.25) is 0 Å². The molecular formula is C24H27N3O4. The molecule has 0 spiro atoms. The molecule has 0 atom stereocenters. The SMILES string of the molecule is COCc1cccc2c(=O)c(C(=O)NCc3cccc(CN4CCOCC4)c3)c[nH]c12. The highest BCUT2D eigenvalue weighted by molar-refractivity contribution is 5.97. The number of amides is 1. The summed E-state index contributed by atoms with van der Waals surface area (Å²) in [7, 11) is 1.61. The number of ether oxygens (including phenoxy) is 2. The number of nitrogens with zero attached hydrogens (tertiary/aromatic N) is 1. The molecule has 0 bridgehead atoms. The first kappa shape index (κ1) is 21.2. The van der Waals surface area contributed by atoms with Gasteiger partial charge in [-0.25, -0.2) is 0 Å². The van der Waals surface area contributed by atoms with E-state index in [-0.39, 0.29) is 16.9 Å². The molecule has 1 saturated heterocycles. The van der Waals surface area contributed by atoms with Crippen molar-refractivity contribution in [3.05, 3.63) is 81.1 Å². The van der Waals surface area contributed by atoms with Crippen LogP contribution >= 0.6 is 0 Å². The second-order valence-electron chi connectivity index (χ2n) is 7.70. The number of aromatic amines is 1. The van der Waals surface area contributed by atoms with Gasteiger partial charge in [-0.2, -0.15) is 0 Å². The van der Waals surface area contributed by atoms with E-state index in [1.807, 2.05) is 18.2 Å². The molecule has 1 amide bonds. The number of aromatic nitrogens is 1. The number of para-hydroxylation sites is 1. The highest BCUT2D eigenvalue weighted by atomic mass is 16.5. The summed E-state index contributed by atoms with van der Waals surface area (Å²) in [6.07, 6.45) is 1.48. The number of carbonyl (C=O) groups is 1. The van der Waals surface area contributed by atoms with Crippen molar-refractivity contribution in [2.24, 2.45) is 0 Å². The molecule has 1 aliphatic heterocycles. The van der Waals surface area contributed by atoms with Gasteiger partial charge < -0.3 is 19.8 Å². The molecule has 2 heterocycles. The Morgan fingerprint density at radius 1 is 1.16 bits per heavy atom. The van der Waals surface area contributed by atoms with Crippen molar-refractivity contribution < 1.29 is 14.3 Å². The van der Waals surface area contributed by atoms with E-state index in [9.17, 15) is 9.59 Å². The molecule has 0 aliphatic carbocycles. The van der Waals surface area contributed by atoms with Crippen molar-refractivity contribution >= 4 is 16.8 Å². The van der Waals surface area contributed by atoms with Gasteiger partial charge in [0.05, 0.1) is 25.3 Å². The summed E-state index contributed by atoms with van der Waals surface area (Å²) in [6.45, 7) is 5.00. The maximum absolute atomic E-state index is 12.9. The van der Waals surface area contributed by atoms with Gasteiger partial charge in [-0.1, -0.05) is 36.4 Å². The van der Waals surface area contributed by atoms with Gasteiger partial charge in [-0.05, 0) is 17.2 Å². The normalized spacial score (nSPS) is 14.6. The molecule has 7 nitrogen and oxygen atoms in total. The zero-order chi connectivity index (χ0) is 21.6. The van der Waals surface area contributed by atoms with Crippen molar-refractivity contribution in [2.45, 2.75) is 19.7 Å². The monoisotopic (exact) mass is 421 g/mol.